The lowest BCUT2D eigenvalue weighted by Gasteiger charge is -2.33. The molecule has 1 unspecified atom stereocenters. The van der Waals surface area contributed by atoms with Crippen molar-refractivity contribution < 1.29 is 9.53 Å². The first kappa shape index (κ1) is 13.1. The predicted octanol–water partition coefficient (Wildman–Crippen LogP) is 3.27. The van der Waals surface area contributed by atoms with E-state index in [1.165, 1.54) is 0 Å². The molecule has 0 saturated heterocycles. The van der Waals surface area contributed by atoms with Gasteiger partial charge in [0.05, 0.1) is 12.2 Å². The average Bonchev–Trinajstić information content (AvgIpc) is 2.47. The molecular weight excluding hydrogens is 320 g/mol. The third-order valence-corrected chi connectivity index (χ3v) is 3.60. The first-order valence-electron chi connectivity index (χ1n) is 6.34. The first-order valence-corrected chi connectivity index (χ1v) is 7.13. The van der Waals surface area contributed by atoms with E-state index in [0.717, 1.165) is 15.9 Å². The molecule has 5 heteroatoms. The van der Waals surface area contributed by atoms with Crippen LogP contribution in [0.1, 0.15) is 17.4 Å². The normalized spacial score (nSPS) is 17.3. The number of fused-ring (bicyclic) bond motifs is 1. The number of rotatable bonds is 1. The van der Waals surface area contributed by atoms with Gasteiger partial charge in [-0.2, -0.15) is 0 Å². The molecule has 1 aromatic heterocycles. The lowest BCUT2D eigenvalue weighted by atomic mass is 10.1. The van der Waals surface area contributed by atoms with E-state index >= 15 is 0 Å². The number of hydrogen-bond donors (Lipinski definition) is 0. The molecule has 1 aromatic carbocycles. The van der Waals surface area contributed by atoms with Gasteiger partial charge in [-0.1, -0.05) is 22.0 Å². The second-order valence-corrected chi connectivity index (χ2v) is 5.59. The van der Waals surface area contributed by atoms with Gasteiger partial charge in [-0.15, -0.1) is 0 Å². The summed E-state index contributed by atoms with van der Waals surface area (Å²) in [6.45, 7) is 2.46. The van der Waals surface area contributed by atoms with E-state index in [9.17, 15) is 4.79 Å². The topological polar surface area (TPSA) is 42.4 Å². The molecule has 102 valence electrons. The highest BCUT2D eigenvalue weighted by molar-refractivity contribution is 9.10. The van der Waals surface area contributed by atoms with Crippen LogP contribution in [0.25, 0.3) is 0 Å². The molecule has 0 radical (unpaired) electrons. The first-order chi connectivity index (χ1) is 9.65. The van der Waals surface area contributed by atoms with Gasteiger partial charge in [0.15, 0.2) is 0 Å². The Morgan fingerprint density at radius 3 is 3.00 bits per heavy atom. The summed E-state index contributed by atoms with van der Waals surface area (Å²) in [5, 5.41) is 0. The Morgan fingerprint density at radius 2 is 2.25 bits per heavy atom. The van der Waals surface area contributed by atoms with Crippen molar-refractivity contribution in [1.82, 2.24) is 4.98 Å². The van der Waals surface area contributed by atoms with Gasteiger partial charge in [0.1, 0.15) is 17.5 Å². The van der Waals surface area contributed by atoms with Gasteiger partial charge in [-0.3, -0.25) is 14.7 Å². The molecule has 0 fully saturated rings. The number of anilines is 1. The molecule has 1 aliphatic rings. The quantitative estimate of drug-likeness (QED) is 0.804. The number of halogens is 1. The molecule has 1 amide bonds. The molecule has 1 atom stereocenters. The van der Waals surface area contributed by atoms with Crippen molar-refractivity contribution in [3.8, 4) is 5.75 Å². The van der Waals surface area contributed by atoms with Crippen LogP contribution in [0.3, 0.4) is 0 Å². The summed E-state index contributed by atoms with van der Waals surface area (Å²) in [6.07, 6.45) is 1.58. The molecular formula is C15H13BrN2O2. The van der Waals surface area contributed by atoms with E-state index in [-0.39, 0.29) is 12.0 Å². The van der Waals surface area contributed by atoms with Crippen molar-refractivity contribution in [2.45, 2.75) is 13.0 Å². The Hall–Kier alpha value is -1.88. The van der Waals surface area contributed by atoms with Gasteiger partial charge >= 0.3 is 0 Å². The van der Waals surface area contributed by atoms with E-state index in [4.69, 9.17) is 4.74 Å². The van der Waals surface area contributed by atoms with Gasteiger partial charge in [-0.05, 0) is 37.3 Å². The van der Waals surface area contributed by atoms with Crippen LogP contribution in [0.15, 0.2) is 47.1 Å². The van der Waals surface area contributed by atoms with Gasteiger partial charge in [0, 0.05) is 10.7 Å². The molecule has 2 heterocycles. The fraction of sp³-hybridized carbons (Fsp3) is 0.200. The molecule has 0 N–H and O–H groups in total. The van der Waals surface area contributed by atoms with Crippen molar-refractivity contribution in [3.05, 3.63) is 52.8 Å². The summed E-state index contributed by atoms with van der Waals surface area (Å²) in [5.41, 5.74) is 1.21. The van der Waals surface area contributed by atoms with Crippen LogP contribution in [0, 0.1) is 0 Å². The maximum atomic E-state index is 12.6. The van der Waals surface area contributed by atoms with Gasteiger partial charge in [0.2, 0.25) is 0 Å². The minimum absolute atomic E-state index is 0.0451. The van der Waals surface area contributed by atoms with E-state index in [0.29, 0.717) is 12.2 Å². The van der Waals surface area contributed by atoms with E-state index in [2.05, 4.69) is 20.9 Å². The number of benzene rings is 1. The van der Waals surface area contributed by atoms with Crippen molar-refractivity contribution >= 4 is 27.5 Å². The highest BCUT2D eigenvalue weighted by Gasteiger charge is 2.29. The third-order valence-electron chi connectivity index (χ3n) is 3.11. The van der Waals surface area contributed by atoms with Crippen LogP contribution >= 0.6 is 15.9 Å². The second kappa shape index (κ2) is 5.25. The number of carbonyl (C=O) groups is 1. The van der Waals surface area contributed by atoms with Gasteiger partial charge < -0.3 is 4.74 Å². The Bertz CT molecular complexity index is 646. The van der Waals surface area contributed by atoms with E-state index < -0.39 is 0 Å². The van der Waals surface area contributed by atoms with Crippen LogP contribution in [0.4, 0.5) is 5.69 Å². The van der Waals surface area contributed by atoms with Crippen LogP contribution in [0.5, 0.6) is 5.75 Å². The monoisotopic (exact) mass is 332 g/mol. The maximum absolute atomic E-state index is 12.6. The van der Waals surface area contributed by atoms with E-state index in [1.807, 2.05) is 31.2 Å². The maximum Gasteiger partial charge on any atom is 0.277 e. The summed E-state index contributed by atoms with van der Waals surface area (Å²) in [7, 11) is 0. The predicted molar refractivity (Wildman–Crippen MR) is 80.1 cm³/mol. The molecule has 20 heavy (non-hydrogen) atoms. The van der Waals surface area contributed by atoms with Crippen LogP contribution in [-0.2, 0) is 0 Å². The number of aromatic nitrogens is 1. The number of ether oxygens (including phenoxy) is 1. The largest absolute Gasteiger partial charge is 0.487 e. The van der Waals surface area contributed by atoms with Gasteiger partial charge in [-0.25, -0.2) is 0 Å². The molecule has 0 aliphatic carbocycles. The minimum Gasteiger partial charge on any atom is -0.487 e. The zero-order valence-corrected chi connectivity index (χ0v) is 12.5. The van der Waals surface area contributed by atoms with Crippen LogP contribution < -0.4 is 9.64 Å². The zero-order chi connectivity index (χ0) is 14.1. The zero-order valence-electron chi connectivity index (χ0n) is 10.9. The van der Waals surface area contributed by atoms with Crippen LogP contribution in [-0.4, -0.2) is 23.5 Å². The Balaban J connectivity index is 2.02. The summed E-state index contributed by atoms with van der Waals surface area (Å²) < 4.78 is 6.68. The number of hydrogen-bond acceptors (Lipinski definition) is 3. The molecule has 2 aromatic rings. The highest BCUT2D eigenvalue weighted by atomic mass is 79.9. The molecule has 0 saturated carbocycles. The standard InChI is InChI=1S/C15H13BrN2O2/c1-10-9-18(15(19)12-4-2-3-7-17-12)13-8-11(16)5-6-14(13)20-10/h2-8,10H,9H2,1H3. The van der Waals surface area contributed by atoms with Crippen molar-refractivity contribution in [3.63, 3.8) is 0 Å². The number of nitrogens with zero attached hydrogens (tertiary/aromatic N) is 2. The van der Waals surface area contributed by atoms with E-state index in [1.54, 1.807) is 23.2 Å². The smallest absolute Gasteiger partial charge is 0.277 e. The summed E-state index contributed by atoms with van der Waals surface area (Å²) in [5.74, 6) is 0.608. The molecule has 0 bridgehead atoms. The van der Waals surface area contributed by atoms with Gasteiger partial charge in [0.25, 0.3) is 5.91 Å². The highest BCUT2D eigenvalue weighted by Crippen LogP contribution is 2.36. The van der Waals surface area contributed by atoms with Crippen molar-refractivity contribution in [1.29, 1.82) is 0 Å². The second-order valence-electron chi connectivity index (χ2n) is 4.67. The fourth-order valence-electron chi connectivity index (χ4n) is 2.23. The summed E-state index contributed by atoms with van der Waals surface area (Å²) in [4.78, 5) is 18.5. The Morgan fingerprint density at radius 1 is 1.40 bits per heavy atom. The lowest BCUT2D eigenvalue weighted by Crippen LogP contribution is -2.42. The third kappa shape index (κ3) is 2.41. The van der Waals surface area contributed by atoms with Crippen LogP contribution in [0.2, 0.25) is 0 Å². The lowest BCUT2D eigenvalue weighted by molar-refractivity contribution is 0.0956. The summed E-state index contributed by atoms with van der Waals surface area (Å²) in [6, 6.07) is 11.0. The number of carbonyl (C=O) groups excluding carboxylic acids is 1. The van der Waals surface area contributed by atoms with Crippen molar-refractivity contribution in [2.24, 2.45) is 0 Å². The Labute approximate surface area is 125 Å². The fourth-order valence-corrected chi connectivity index (χ4v) is 2.58. The molecule has 3 rings (SSSR count). The average molecular weight is 333 g/mol. The minimum atomic E-state index is -0.111. The molecule has 4 nitrogen and oxygen atoms in total. The van der Waals surface area contributed by atoms with Crippen molar-refractivity contribution in [2.75, 3.05) is 11.4 Å². The number of pyridine rings is 1. The molecule has 1 aliphatic heterocycles. The SMILES string of the molecule is CC1CN(C(=O)c2ccccn2)c2cc(Br)ccc2O1. The summed E-state index contributed by atoms with van der Waals surface area (Å²) >= 11 is 3.43. The molecule has 0 spiro atoms. The Kier molecular flexibility index (Phi) is 3.44. The number of amides is 1.